The SMILES string of the molecule is CC.CCCCc1cc(C2=NN=CC(N3CCNCC3)N2C)ccc1NN(C)C.Cc1ccccc1. The summed E-state index contributed by atoms with van der Waals surface area (Å²) in [6.45, 7) is 12.4. The summed E-state index contributed by atoms with van der Waals surface area (Å²) < 4.78 is 0. The number of nitrogens with one attached hydrogen (secondary N) is 2. The van der Waals surface area contributed by atoms with Gasteiger partial charge in [0, 0.05) is 52.9 Å². The largest absolute Gasteiger partial charge is 0.337 e. The Morgan fingerprint density at radius 3 is 2.33 bits per heavy atom. The van der Waals surface area contributed by atoms with Gasteiger partial charge >= 0.3 is 0 Å². The molecule has 4 rings (SSSR count). The van der Waals surface area contributed by atoms with Crippen LogP contribution in [0.1, 0.15) is 50.3 Å². The normalized spacial score (nSPS) is 17.5. The highest BCUT2D eigenvalue weighted by atomic mass is 15.5. The number of unbranched alkanes of at least 4 members (excludes halogenated alkanes) is 1. The van der Waals surface area contributed by atoms with Gasteiger partial charge in [-0.15, -0.1) is 5.10 Å². The Morgan fingerprint density at radius 1 is 1.06 bits per heavy atom. The van der Waals surface area contributed by atoms with E-state index in [4.69, 9.17) is 0 Å². The van der Waals surface area contributed by atoms with Crippen molar-refractivity contribution in [3.8, 4) is 0 Å². The van der Waals surface area contributed by atoms with Gasteiger partial charge in [0.15, 0.2) is 5.84 Å². The molecule has 2 heterocycles. The smallest absolute Gasteiger partial charge is 0.159 e. The summed E-state index contributed by atoms with van der Waals surface area (Å²) in [5.74, 6) is 0.940. The van der Waals surface area contributed by atoms with Crippen molar-refractivity contribution in [2.45, 2.75) is 53.1 Å². The van der Waals surface area contributed by atoms with Crippen LogP contribution in [0.15, 0.2) is 58.7 Å². The summed E-state index contributed by atoms with van der Waals surface area (Å²) >= 11 is 0. The maximum atomic E-state index is 4.48. The molecule has 0 radical (unpaired) electrons. The van der Waals surface area contributed by atoms with E-state index in [9.17, 15) is 0 Å². The van der Waals surface area contributed by atoms with E-state index in [0.29, 0.717) is 0 Å². The lowest BCUT2D eigenvalue weighted by Crippen LogP contribution is -2.57. The molecule has 2 N–H and O–H groups in total. The Balaban J connectivity index is 0.000000431. The van der Waals surface area contributed by atoms with Crippen LogP contribution < -0.4 is 10.7 Å². The van der Waals surface area contributed by atoms with Gasteiger partial charge in [-0.3, -0.25) is 4.90 Å². The first-order valence-electron chi connectivity index (χ1n) is 13.4. The van der Waals surface area contributed by atoms with Crippen LogP contribution in [0.5, 0.6) is 0 Å². The summed E-state index contributed by atoms with van der Waals surface area (Å²) in [6.07, 6.45) is 5.53. The average Bonchev–Trinajstić information content (AvgIpc) is 2.90. The van der Waals surface area contributed by atoms with Gasteiger partial charge in [0.2, 0.25) is 0 Å². The van der Waals surface area contributed by atoms with Crippen molar-refractivity contribution in [2.75, 3.05) is 52.7 Å². The third-order valence-corrected chi connectivity index (χ3v) is 6.06. The molecule has 0 aromatic heterocycles. The van der Waals surface area contributed by atoms with Crippen LogP contribution in [0.25, 0.3) is 0 Å². The molecule has 0 spiro atoms. The number of benzene rings is 2. The second-order valence-electron chi connectivity index (χ2n) is 9.14. The summed E-state index contributed by atoms with van der Waals surface area (Å²) in [7, 11) is 6.15. The fourth-order valence-corrected chi connectivity index (χ4v) is 4.18. The Hall–Kier alpha value is -2.74. The monoisotopic (exact) mass is 493 g/mol. The predicted octanol–water partition coefficient (Wildman–Crippen LogP) is 4.85. The lowest BCUT2D eigenvalue weighted by atomic mass is 10.0. The van der Waals surface area contributed by atoms with Crippen molar-refractivity contribution in [3.63, 3.8) is 0 Å². The molecular weight excluding hydrogens is 446 g/mol. The average molecular weight is 494 g/mol. The first kappa shape index (κ1) is 29.5. The first-order valence-corrected chi connectivity index (χ1v) is 13.4. The van der Waals surface area contributed by atoms with Gasteiger partial charge in [-0.2, -0.15) is 5.10 Å². The predicted molar refractivity (Wildman–Crippen MR) is 156 cm³/mol. The van der Waals surface area contributed by atoms with E-state index in [0.717, 1.165) is 44.0 Å². The minimum absolute atomic E-state index is 0.165. The highest BCUT2D eigenvalue weighted by Crippen LogP contribution is 2.23. The van der Waals surface area contributed by atoms with Crippen molar-refractivity contribution in [1.82, 2.24) is 20.1 Å². The molecule has 2 aliphatic heterocycles. The van der Waals surface area contributed by atoms with Gasteiger partial charge < -0.3 is 15.6 Å². The van der Waals surface area contributed by atoms with Crippen LogP contribution in [-0.4, -0.2) is 80.3 Å². The van der Waals surface area contributed by atoms with Gasteiger partial charge in [-0.1, -0.05) is 63.1 Å². The van der Waals surface area contributed by atoms with Crippen molar-refractivity contribution >= 4 is 17.7 Å². The molecule has 36 heavy (non-hydrogen) atoms. The van der Waals surface area contributed by atoms with E-state index < -0.39 is 0 Å². The minimum atomic E-state index is 0.165. The molecule has 0 amide bonds. The fourth-order valence-electron chi connectivity index (χ4n) is 4.18. The quantitative estimate of drug-likeness (QED) is 0.540. The zero-order valence-electron chi connectivity index (χ0n) is 23.5. The molecule has 2 aromatic carbocycles. The van der Waals surface area contributed by atoms with Crippen LogP contribution in [0.2, 0.25) is 0 Å². The number of hydrazine groups is 1. The highest BCUT2D eigenvalue weighted by Gasteiger charge is 2.28. The van der Waals surface area contributed by atoms with E-state index in [1.54, 1.807) is 0 Å². The van der Waals surface area contributed by atoms with E-state index >= 15 is 0 Å². The molecule has 7 heteroatoms. The number of aryl methyl sites for hydroxylation is 2. The molecule has 2 aromatic rings. The molecule has 0 bridgehead atoms. The standard InChI is InChI=1S/C20H33N7.C7H8.C2H6/c1-5-6-7-16-14-17(8-9-18(16)24-25(2)3)20-23-22-15-19(26(20)4)27-12-10-21-11-13-27;1-7-5-3-2-4-6-7;1-2/h8-9,14-15,19,21,24H,5-7,10-13H2,1-4H3;2-6H,1H3;1-2H3. The molecule has 1 atom stereocenters. The van der Waals surface area contributed by atoms with E-state index in [2.05, 4.69) is 82.0 Å². The number of piperazine rings is 1. The third-order valence-electron chi connectivity index (χ3n) is 6.06. The second kappa shape index (κ2) is 16.1. The number of anilines is 1. The zero-order valence-corrected chi connectivity index (χ0v) is 23.5. The lowest BCUT2D eigenvalue weighted by Gasteiger charge is -2.40. The number of nitrogens with zero attached hydrogens (tertiary/aromatic N) is 5. The molecule has 2 aliphatic rings. The molecule has 0 saturated carbocycles. The van der Waals surface area contributed by atoms with Crippen LogP contribution in [0.4, 0.5) is 5.69 Å². The zero-order chi connectivity index (χ0) is 26.3. The van der Waals surface area contributed by atoms with Crippen molar-refractivity contribution in [3.05, 3.63) is 65.2 Å². The fraction of sp³-hybridized carbons (Fsp3) is 0.517. The van der Waals surface area contributed by atoms with E-state index in [1.165, 1.54) is 29.7 Å². The van der Waals surface area contributed by atoms with Crippen LogP contribution in [0, 0.1) is 6.92 Å². The lowest BCUT2D eigenvalue weighted by molar-refractivity contribution is 0.142. The number of hydrogen-bond acceptors (Lipinski definition) is 7. The number of rotatable bonds is 7. The molecule has 1 unspecified atom stereocenters. The molecule has 1 fully saturated rings. The van der Waals surface area contributed by atoms with Crippen molar-refractivity contribution in [1.29, 1.82) is 0 Å². The summed E-state index contributed by atoms with van der Waals surface area (Å²) in [4.78, 5) is 4.70. The molecule has 198 valence electrons. The van der Waals surface area contributed by atoms with E-state index in [-0.39, 0.29) is 6.17 Å². The Morgan fingerprint density at radius 2 is 1.75 bits per heavy atom. The Bertz CT molecular complexity index is 934. The van der Waals surface area contributed by atoms with Crippen molar-refractivity contribution < 1.29 is 0 Å². The minimum Gasteiger partial charge on any atom is -0.337 e. The first-order chi connectivity index (χ1) is 17.5. The number of amidine groups is 1. The van der Waals surface area contributed by atoms with Crippen LogP contribution in [0.3, 0.4) is 0 Å². The van der Waals surface area contributed by atoms with Gasteiger partial charge in [0.1, 0.15) is 6.17 Å². The summed E-state index contributed by atoms with van der Waals surface area (Å²) in [5.41, 5.74) is 8.36. The van der Waals surface area contributed by atoms with Gasteiger partial charge in [0.25, 0.3) is 0 Å². The van der Waals surface area contributed by atoms with Gasteiger partial charge in [0.05, 0.1) is 11.9 Å². The molecule has 0 aliphatic carbocycles. The van der Waals surface area contributed by atoms with Crippen molar-refractivity contribution in [2.24, 2.45) is 10.2 Å². The van der Waals surface area contributed by atoms with Crippen LogP contribution >= 0.6 is 0 Å². The highest BCUT2D eigenvalue weighted by molar-refractivity contribution is 6.01. The Labute approximate surface area is 219 Å². The van der Waals surface area contributed by atoms with Gasteiger partial charge in [-0.25, -0.2) is 5.01 Å². The number of hydrogen-bond donors (Lipinski definition) is 2. The van der Waals surface area contributed by atoms with Gasteiger partial charge in [-0.05, 0) is 43.5 Å². The molecule has 1 saturated heterocycles. The Kier molecular flexibility index (Phi) is 13.2. The summed E-state index contributed by atoms with van der Waals surface area (Å²) in [6, 6.07) is 16.8. The molecular formula is C29H47N7. The summed E-state index contributed by atoms with van der Waals surface area (Å²) in [5, 5.41) is 14.2. The maximum absolute atomic E-state index is 4.48. The second-order valence-corrected chi connectivity index (χ2v) is 9.14. The third kappa shape index (κ3) is 9.04. The van der Waals surface area contributed by atoms with Crippen LogP contribution in [-0.2, 0) is 6.42 Å². The molecule has 7 nitrogen and oxygen atoms in total. The maximum Gasteiger partial charge on any atom is 0.159 e. The topological polar surface area (TPSA) is 58.5 Å². The van der Waals surface area contributed by atoms with E-state index in [1.807, 2.05) is 57.4 Å².